The number of benzene rings is 2. The highest BCUT2D eigenvalue weighted by Crippen LogP contribution is 2.14. The van der Waals surface area contributed by atoms with Crippen LogP contribution in [0.1, 0.15) is 30.4 Å². The normalized spacial score (nSPS) is 15.5. The summed E-state index contributed by atoms with van der Waals surface area (Å²) in [6.07, 6.45) is 3.83. The molecule has 3 rings (SSSR count). The van der Waals surface area contributed by atoms with Crippen molar-refractivity contribution in [2.45, 2.75) is 32.7 Å². The van der Waals surface area contributed by atoms with E-state index in [2.05, 4.69) is 65.7 Å². The van der Waals surface area contributed by atoms with Gasteiger partial charge in [-0.2, -0.15) is 0 Å². The quantitative estimate of drug-likeness (QED) is 0.670. The van der Waals surface area contributed by atoms with E-state index in [4.69, 9.17) is 4.99 Å². The first-order valence-electron chi connectivity index (χ1n) is 8.48. The fraction of sp³-hybridized carbons (Fsp3) is 0.350. The van der Waals surface area contributed by atoms with Gasteiger partial charge in [-0.25, -0.2) is 4.99 Å². The molecule has 0 spiro atoms. The summed E-state index contributed by atoms with van der Waals surface area (Å²) in [6, 6.07) is 18.9. The smallest absolute Gasteiger partial charge is 0.198 e. The molecule has 2 aromatic rings. The molecule has 1 saturated heterocycles. The molecule has 1 fully saturated rings. The molecular formula is C20H25N3. The van der Waals surface area contributed by atoms with Gasteiger partial charge in [0.05, 0.1) is 6.54 Å². The number of piperidine rings is 1. The van der Waals surface area contributed by atoms with Crippen LogP contribution in [0.2, 0.25) is 0 Å². The van der Waals surface area contributed by atoms with E-state index in [1.165, 1.54) is 30.4 Å². The van der Waals surface area contributed by atoms with Crippen LogP contribution in [-0.4, -0.2) is 23.9 Å². The Bertz CT molecular complexity index is 626. The van der Waals surface area contributed by atoms with Gasteiger partial charge in [-0.05, 0) is 43.9 Å². The monoisotopic (exact) mass is 307 g/mol. The first-order valence-corrected chi connectivity index (χ1v) is 8.48. The minimum absolute atomic E-state index is 0.714. The van der Waals surface area contributed by atoms with Gasteiger partial charge in [0.25, 0.3) is 0 Å². The van der Waals surface area contributed by atoms with Crippen LogP contribution in [-0.2, 0) is 6.54 Å². The molecule has 1 N–H and O–H groups in total. The van der Waals surface area contributed by atoms with Crippen LogP contribution in [0.25, 0.3) is 0 Å². The number of anilines is 1. The van der Waals surface area contributed by atoms with Crippen molar-refractivity contribution in [2.75, 3.05) is 18.4 Å². The van der Waals surface area contributed by atoms with Crippen LogP contribution in [0, 0.1) is 6.92 Å². The molecule has 23 heavy (non-hydrogen) atoms. The van der Waals surface area contributed by atoms with E-state index in [0.717, 1.165) is 24.7 Å². The molecule has 3 heteroatoms. The fourth-order valence-corrected chi connectivity index (χ4v) is 2.84. The Hall–Kier alpha value is -2.29. The number of hydrogen-bond donors (Lipinski definition) is 1. The van der Waals surface area contributed by atoms with Crippen LogP contribution < -0.4 is 5.32 Å². The van der Waals surface area contributed by atoms with E-state index >= 15 is 0 Å². The lowest BCUT2D eigenvalue weighted by Gasteiger charge is -2.30. The lowest BCUT2D eigenvalue weighted by atomic mass is 10.1. The zero-order chi connectivity index (χ0) is 15.9. The molecule has 120 valence electrons. The van der Waals surface area contributed by atoms with Crippen LogP contribution in [0.3, 0.4) is 0 Å². The molecule has 0 amide bonds. The van der Waals surface area contributed by atoms with Crippen LogP contribution in [0.5, 0.6) is 0 Å². The number of nitrogens with zero attached hydrogens (tertiary/aromatic N) is 2. The molecule has 3 nitrogen and oxygen atoms in total. The van der Waals surface area contributed by atoms with Gasteiger partial charge in [-0.1, -0.05) is 48.0 Å². The molecule has 1 aliphatic rings. The molecule has 0 aliphatic carbocycles. The van der Waals surface area contributed by atoms with Gasteiger partial charge in [-0.3, -0.25) is 0 Å². The number of aryl methyl sites for hydroxylation is 1. The standard InChI is InChI=1S/C20H25N3/c1-17-10-12-19(13-11-17)22-20(23-14-6-3-7-15-23)21-16-18-8-4-2-5-9-18/h2,4-5,8-13H,3,6-7,14-16H2,1H3,(H,21,22). The molecule has 0 aromatic heterocycles. The average molecular weight is 307 g/mol. The topological polar surface area (TPSA) is 27.6 Å². The zero-order valence-electron chi connectivity index (χ0n) is 13.8. The highest BCUT2D eigenvalue weighted by molar-refractivity contribution is 5.93. The summed E-state index contributed by atoms with van der Waals surface area (Å²) < 4.78 is 0. The second kappa shape index (κ2) is 7.82. The third kappa shape index (κ3) is 4.59. The van der Waals surface area contributed by atoms with E-state index in [9.17, 15) is 0 Å². The number of hydrogen-bond acceptors (Lipinski definition) is 1. The minimum Gasteiger partial charge on any atom is -0.343 e. The Kier molecular flexibility index (Phi) is 5.30. The van der Waals surface area contributed by atoms with Crippen LogP contribution in [0.4, 0.5) is 5.69 Å². The molecule has 1 aliphatic heterocycles. The molecule has 0 atom stereocenters. The number of nitrogens with one attached hydrogen (secondary N) is 1. The Balaban J connectivity index is 1.76. The molecule has 0 bridgehead atoms. The second-order valence-corrected chi connectivity index (χ2v) is 6.16. The van der Waals surface area contributed by atoms with E-state index in [0.29, 0.717) is 6.54 Å². The van der Waals surface area contributed by atoms with Crippen molar-refractivity contribution in [2.24, 2.45) is 4.99 Å². The lowest BCUT2D eigenvalue weighted by molar-refractivity contribution is 0.340. The van der Waals surface area contributed by atoms with Gasteiger partial charge in [0, 0.05) is 18.8 Å². The van der Waals surface area contributed by atoms with Gasteiger partial charge in [0.15, 0.2) is 5.96 Å². The summed E-state index contributed by atoms with van der Waals surface area (Å²) in [5.41, 5.74) is 3.62. The van der Waals surface area contributed by atoms with Gasteiger partial charge >= 0.3 is 0 Å². The summed E-state index contributed by atoms with van der Waals surface area (Å²) in [5, 5.41) is 3.52. The van der Waals surface area contributed by atoms with Crippen molar-refractivity contribution in [1.82, 2.24) is 4.90 Å². The van der Waals surface area contributed by atoms with Crippen molar-refractivity contribution in [3.05, 3.63) is 65.7 Å². The Morgan fingerprint density at radius 3 is 2.35 bits per heavy atom. The van der Waals surface area contributed by atoms with Crippen molar-refractivity contribution in [3.63, 3.8) is 0 Å². The van der Waals surface area contributed by atoms with Crippen LogP contribution >= 0.6 is 0 Å². The predicted octanol–water partition coefficient (Wildman–Crippen LogP) is 4.45. The molecular weight excluding hydrogens is 282 g/mol. The summed E-state index contributed by atoms with van der Waals surface area (Å²) in [4.78, 5) is 7.25. The summed E-state index contributed by atoms with van der Waals surface area (Å²) in [5.74, 6) is 0.998. The maximum atomic E-state index is 4.87. The van der Waals surface area contributed by atoms with Gasteiger partial charge in [-0.15, -0.1) is 0 Å². The Morgan fingerprint density at radius 2 is 1.65 bits per heavy atom. The molecule has 0 radical (unpaired) electrons. The number of rotatable bonds is 3. The molecule has 0 unspecified atom stereocenters. The van der Waals surface area contributed by atoms with Crippen molar-refractivity contribution in [1.29, 1.82) is 0 Å². The fourth-order valence-electron chi connectivity index (χ4n) is 2.84. The van der Waals surface area contributed by atoms with E-state index < -0.39 is 0 Å². The summed E-state index contributed by atoms with van der Waals surface area (Å²) in [6.45, 7) is 5.00. The van der Waals surface area contributed by atoms with E-state index in [-0.39, 0.29) is 0 Å². The Morgan fingerprint density at radius 1 is 0.957 bits per heavy atom. The second-order valence-electron chi connectivity index (χ2n) is 6.16. The average Bonchev–Trinajstić information content (AvgIpc) is 2.62. The Labute approximate surface area is 139 Å². The van der Waals surface area contributed by atoms with Gasteiger partial charge in [0.1, 0.15) is 0 Å². The van der Waals surface area contributed by atoms with Gasteiger partial charge < -0.3 is 10.2 Å². The number of likely N-dealkylation sites (tertiary alicyclic amines) is 1. The first-order chi connectivity index (χ1) is 11.3. The van der Waals surface area contributed by atoms with Gasteiger partial charge in [0.2, 0.25) is 0 Å². The maximum Gasteiger partial charge on any atom is 0.198 e. The van der Waals surface area contributed by atoms with Crippen molar-refractivity contribution >= 4 is 11.6 Å². The first kappa shape index (κ1) is 15.6. The zero-order valence-corrected chi connectivity index (χ0v) is 13.8. The molecule has 2 aromatic carbocycles. The predicted molar refractivity (Wildman–Crippen MR) is 97.8 cm³/mol. The lowest BCUT2D eigenvalue weighted by Crippen LogP contribution is -2.40. The summed E-state index contributed by atoms with van der Waals surface area (Å²) in [7, 11) is 0. The van der Waals surface area contributed by atoms with Crippen LogP contribution in [0.15, 0.2) is 59.6 Å². The third-order valence-corrected chi connectivity index (χ3v) is 4.22. The number of aliphatic imine (C=N–C) groups is 1. The summed E-state index contributed by atoms with van der Waals surface area (Å²) >= 11 is 0. The van der Waals surface area contributed by atoms with Crippen molar-refractivity contribution in [3.8, 4) is 0 Å². The SMILES string of the molecule is Cc1ccc(NC(=NCc2ccccc2)N2CCCCC2)cc1. The minimum atomic E-state index is 0.714. The van der Waals surface area contributed by atoms with E-state index in [1.807, 2.05) is 6.07 Å². The highest BCUT2D eigenvalue weighted by atomic mass is 15.3. The van der Waals surface area contributed by atoms with E-state index in [1.54, 1.807) is 0 Å². The van der Waals surface area contributed by atoms with Crippen molar-refractivity contribution < 1.29 is 0 Å². The largest absolute Gasteiger partial charge is 0.343 e. The number of guanidine groups is 1. The highest BCUT2D eigenvalue weighted by Gasteiger charge is 2.15. The third-order valence-electron chi connectivity index (χ3n) is 4.22. The maximum absolute atomic E-state index is 4.87. The molecule has 1 heterocycles. The molecule has 0 saturated carbocycles.